The molecular weight excluding hydrogens is 215 g/mol. The van der Waals surface area contributed by atoms with Crippen LogP contribution in [0.25, 0.3) is 0 Å². The van der Waals surface area contributed by atoms with E-state index in [-0.39, 0.29) is 17.8 Å². The summed E-state index contributed by atoms with van der Waals surface area (Å²) in [5, 5.41) is 0.478. The van der Waals surface area contributed by atoms with Crippen LogP contribution >= 0.6 is 11.6 Å². The first kappa shape index (κ1) is 10.9. The molecule has 0 saturated carbocycles. The first-order valence-electron chi connectivity index (χ1n) is 4.97. The number of nitrogens with two attached hydrogens (primary N) is 1. The number of likely N-dealkylation sites (N-methyl/N-ethyl adjacent to an activating group) is 1. The molecule has 82 valence electrons. The Balaban J connectivity index is 2.37. The zero-order valence-electron chi connectivity index (χ0n) is 8.58. The molecule has 2 atom stereocenters. The van der Waals surface area contributed by atoms with Crippen LogP contribution in [0, 0.1) is 5.82 Å². The van der Waals surface area contributed by atoms with E-state index in [9.17, 15) is 4.39 Å². The van der Waals surface area contributed by atoms with Gasteiger partial charge in [0.15, 0.2) is 0 Å². The lowest BCUT2D eigenvalue weighted by molar-refractivity contribution is 0.406. The molecule has 1 heterocycles. The smallest absolute Gasteiger partial charge is 0.128 e. The maximum Gasteiger partial charge on any atom is 0.128 e. The van der Waals surface area contributed by atoms with Crippen molar-refractivity contribution >= 4 is 11.6 Å². The van der Waals surface area contributed by atoms with Crippen LogP contribution in [0.4, 0.5) is 4.39 Å². The van der Waals surface area contributed by atoms with Crippen LogP contribution in [0.2, 0.25) is 5.02 Å². The average Bonchev–Trinajstić information content (AvgIpc) is 2.45. The predicted octanol–water partition coefficient (Wildman–Crippen LogP) is 1.84. The molecule has 0 radical (unpaired) electrons. The molecule has 1 aromatic carbocycles. The zero-order valence-corrected chi connectivity index (χ0v) is 9.34. The lowest BCUT2D eigenvalue weighted by Crippen LogP contribution is -2.28. The second kappa shape index (κ2) is 4.08. The summed E-state index contributed by atoms with van der Waals surface area (Å²) < 4.78 is 13.6. The van der Waals surface area contributed by atoms with Crippen LogP contribution in [0.1, 0.15) is 11.5 Å². The van der Waals surface area contributed by atoms with Crippen molar-refractivity contribution < 1.29 is 4.39 Å². The molecule has 1 saturated heterocycles. The molecule has 0 amide bonds. The molecular formula is C11H14ClFN2. The lowest BCUT2D eigenvalue weighted by Gasteiger charge is -2.16. The van der Waals surface area contributed by atoms with Gasteiger partial charge in [-0.3, -0.25) is 0 Å². The quantitative estimate of drug-likeness (QED) is 0.795. The summed E-state index contributed by atoms with van der Waals surface area (Å²) in [5.74, 6) is -0.248. The molecule has 1 aliphatic rings. The van der Waals surface area contributed by atoms with E-state index in [2.05, 4.69) is 4.90 Å². The van der Waals surface area contributed by atoms with E-state index < -0.39 is 0 Å². The number of hydrogen-bond acceptors (Lipinski definition) is 2. The van der Waals surface area contributed by atoms with Gasteiger partial charge in [0.1, 0.15) is 5.82 Å². The Hall–Kier alpha value is -0.640. The second-order valence-electron chi connectivity index (χ2n) is 4.13. The van der Waals surface area contributed by atoms with E-state index in [1.807, 2.05) is 7.05 Å². The van der Waals surface area contributed by atoms with Crippen LogP contribution in [-0.4, -0.2) is 31.1 Å². The highest BCUT2D eigenvalue weighted by Crippen LogP contribution is 2.32. The minimum Gasteiger partial charge on any atom is -0.326 e. The van der Waals surface area contributed by atoms with Gasteiger partial charge in [-0.1, -0.05) is 17.7 Å². The largest absolute Gasteiger partial charge is 0.326 e. The Morgan fingerprint density at radius 3 is 2.73 bits per heavy atom. The molecule has 1 aliphatic heterocycles. The third-order valence-corrected chi connectivity index (χ3v) is 3.25. The average molecular weight is 229 g/mol. The van der Waals surface area contributed by atoms with E-state index in [0.29, 0.717) is 10.6 Å². The van der Waals surface area contributed by atoms with Crippen LogP contribution in [-0.2, 0) is 0 Å². The van der Waals surface area contributed by atoms with Crippen molar-refractivity contribution in [2.75, 3.05) is 20.1 Å². The van der Waals surface area contributed by atoms with Crippen molar-refractivity contribution in [1.29, 1.82) is 0 Å². The number of halogens is 2. The Morgan fingerprint density at radius 2 is 2.20 bits per heavy atom. The molecule has 0 aromatic heterocycles. The highest BCUT2D eigenvalue weighted by molar-refractivity contribution is 6.31. The summed E-state index contributed by atoms with van der Waals surface area (Å²) in [4.78, 5) is 2.10. The van der Waals surface area contributed by atoms with Gasteiger partial charge >= 0.3 is 0 Å². The molecule has 0 aliphatic carbocycles. The number of nitrogens with zero attached hydrogens (tertiary/aromatic N) is 1. The molecule has 2 N–H and O–H groups in total. The Bertz CT molecular complexity index is 349. The fourth-order valence-corrected chi connectivity index (χ4v) is 2.51. The van der Waals surface area contributed by atoms with Crippen LogP contribution in [0.3, 0.4) is 0 Å². The lowest BCUT2D eigenvalue weighted by atomic mass is 9.94. The van der Waals surface area contributed by atoms with Crippen LogP contribution in [0.15, 0.2) is 18.2 Å². The summed E-state index contributed by atoms with van der Waals surface area (Å²) in [6.07, 6.45) is 0. The molecule has 2 nitrogen and oxygen atoms in total. The van der Waals surface area contributed by atoms with Crippen LogP contribution in [0.5, 0.6) is 0 Å². The van der Waals surface area contributed by atoms with Gasteiger partial charge < -0.3 is 10.6 Å². The Labute approximate surface area is 93.8 Å². The van der Waals surface area contributed by atoms with E-state index >= 15 is 0 Å². The Kier molecular flexibility index (Phi) is 2.96. The highest BCUT2D eigenvalue weighted by atomic mass is 35.5. The van der Waals surface area contributed by atoms with Crippen molar-refractivity contribution in [2.24, 2.45) is 5.73 Å². The third-order valence-electron chi connectivity index (χ3n) is 2.92. The molecule has 2 unspecified atom stereocenters. The summed E-state index contributed by atoms with van der Waals surface area (Å²) in [5.41, 5.74) is 6.54. The van der Waals surface area contributed by atoms with Gasteiger partial charge in [-0.2, -0.15) is 0 Å². The normalized spacial score (nSPS) is 27.2. The molecule has 1 fully saturated rings. The monoisotopic (exact) mass is 228 g/mol. The fourth-order valence-electron chi connectivity index (χ4n) is 2.20. The van der Waals surface area contributed by atoms with Crippen molar-refractivity contribution in [3.05, 3.63) is 34.6 Å². The molecule has 1 aromatic rings. The molecule has 0 spiro atoms. The molecule has 4 heteroatoms. The van der Waals surface area contributed by atoms with E-state index in [0.717, 1.165) is 13.1 Å². The van der Waals surface area contributed by atoms with Gasteiger partial charge in [0.2, 0.25) is 0 Å². The van der Waals surface area contributed by atoms with E-state index in [1.165, 1.54) is 6.07 Å². The number of benzene rings is 1. The molecule has 15 heavy (non-hydrogen) atoms. The molecule has 2 rings (SSSR count). The SMILES string of the molecule is CN1CC(N)C(c2c(F)cccc2Cl)C1. The maximum atomic E-state index is 13.6. The standard InChI is InChI=1S/C11H14ClFN2/c1-15-5-7(10(14)6-15)11-8(12)3-2-4-9(11)13/h2-4,7,10H,5-6,14H2,1H3. The van der Waals surface area contributed by atoms with Gasteiger partial charge in [-0.25, -0.2) is 4.39 Å². The van der Waals surface area contributed by atoms with Gasteiger partial charge in [0.25, 0.3) is 0 Å². The highest BCUT2D eigenvalue weighted by Gasteiger charge is 2.32. The topological polar surface area (TPSA) is 29.3 Å². The number of rotatable bonds is 1. The third kappa shape index (κ3) is 2.00. The number of hydrogen-bond donors (Lipinski definition) is 1. The summed E-state index contributed by atoms with van der Waals surface area (Å²) in [6, 6.07) is 4.73. The predicted molar refractivity (Wildman–Crippen MR) is 59.6 cm³/mol. The summed E-state index contributed by atoms with van der Waals surface area (Å²) >= 11 is 6.01. The van der Waals surface area contributed by atoms with Crippen molar-refractivity contribution in [3.8, 4) is 0 Å². The first-order valence-corrected chi connectivity index (χ1v) is 5.35. The fraction of sp³-hybridized carbons (Fsp3) is 0.455. The van der Waals surface area contributed by atoms with Gasteiger partial charge in [-0.05, 0) is 19.2 Å². The summed E-state index contributed by atoms with van der Waals surface area (Å²) in [7, 11) is 1.98. The maximum absolute atomic E-state index is 13.6. The van der Waals surface area contributed by atoms with Crippen molar-refractivity contribution in [2.45, 2.75) is 12.0 Å². The summed E-state index contributed by atoms with van der Waals surface area (Å²) in [6.45, 7) is 1.55. The van der Waals surface area contributed by atoms with Gasteiger partial charge in [0, 0.05) is 35.6 Å². The van der Waals surface area contributed by atoms with Crippen LogP contribution < -0.4 is 5.73 Å². The minimum absolute atomic E-state index is 0.00343. The van der Waals surface area contributed by atoms with Gasteiger partial charge in [-0.15, -0.1) is 0 Å². The number of likely N-dealkylation sites (tertiary alicyclic amines) is 1. The molecule has 0 bridgehead atoms. The Morgan fingerprint density at radius 1 is 1.47 bits per heavy atom. The van der Waals surface area contributed by atoms with E-state index in [4.69, 9.17) is 17.3 Å². The first-order chi connectivity index (χ1) is 7.09. The second-order valence-corrected chi connectivity index (χ2v) is 4.53. The minimum atomic E-state index is -0.252. The van der Waals surface area contributed by atoms with Crippen molar-refractivity contribution in [1.82, 2.24) is 4.90 Å². The van der Waals surface area contributed by atoms with Crippen molar-refractivity contribution in [3.63, 3.8) is 0 Å². The zero-order chi connectivity index (χ0) is 11.0. The van der Waals surface area contributed by atoms with E-state index in [1.54, 1.807) is 12.1 Å². The van der Waals surface area contributed by atoms with Gasteiger partial charge in [0.05, 0.1) is 0 Å².